The fourth-order valence-corrected chi connectivity index (χ4v) is 7.37. The Morgan fingerprint density at radius 2 is 1.43 bits per heavy atom. The number of fused-ring (bicyclic) bond motifs is 2. The van der Waals surface area contributed by atoms with E-state index >= 15 is 0 Å². The molecule has 0 fully saturated rings. The van der Waals surface area contributed by atoms with E-state index in [0.29, 0.717) is 0 Å². The molecule has 220 valence electrons. The van der Waals surface area contributed by atoms with Crippen molar-refractivity contribution in [2.24, 2.45) is 0 Å². The molecule has 0 radical (unpaired) electrons. The van der Waals surface area contributed by atoms with Gasteiger partial charge in [0, 0.05) is 34.3 Å². The van der Waals surface area contributed by atoms with Gasteiger partial charge in [-0.15, -0.1) is 0 Å². The average molecular weight is 594 g/mol. The van der Waals surface area contributed by atoms with Gasteiger partial charge in [-0.1, -0.05) is 141 Å². The number of likely N-dealkylation sites (N-methyl/N-ethyl adjacent to an activating group) is 1. The predicted molar refractivity (Wildman–Crippen MR) is 190 cm³/mol. The molecule has 1 aliphatic heterocycles. The molecule has 1 heterocycles. The number of hydrogen-bond donors (Lipinski definition) is 0. The Hall–Kier alpha value is -4.33. The van der Waals surface area contributed by atoms with E-state index in [4.69, 9.17) is 11.6 Å². The first-order valence-electron chi connectivity index (χ1n) is 15.4. The maximum Gasteiger partial charge on any atom is 0.0456 e. The molecule has 0 unspecified atom stereocenters. The van der Waals surface area contributed by atoms with Crippen LogP contribution in [0.15, 0.2) is 151 Å². The fraction of sp³-hybridized carbons (Fsp3) is 0.190. The summed E-state index contributed by atoms with van der Waals surface area (Å²) in [4.78, 5) is 2.35. The second-order valence-electron chi connectivity index (χ2n) is 12.7. The first kappa shape index (κ1) is 29.7. The summed E-state index contributed by atoms with van der Waals surface area (Å²) in [7, 11) is 2.18. The smallest absolute Gasteiger partial charge is 0.0456 e. The number of anilines is 1. The highest BCUT2D eigenvalue weighted by Gasteiger charge is 2.46. The minimum absolute atomic E-state index is 0.247. The van der Waals surface area contributed by atoms with Crippen molar-refractivity contribution in [3.63, 3.8) is 0 Å². The van der Waals surface area contributed by atoms with Crippen molar-refractivity contribution in [3.8, 4) is 0 Å². The van der Waals surface area contributed by atoms with E-state index < -0.39 is 0 Å². The Labute approximate surface area is 267 Å². The highest BCUT2D eigenvalue weighted by Crippen LogP contribution is 2.52. The summed E-state index contributed by atoms with van der Waals surface area (Å²) in [5, 5.41) is 3.31. The summed E-state index contributed by atoms with van der Waals surface area (Å²) < 4.78 is 0. The second-order valence-corrected chi connectivity index (χ2v) is 13.1. The second kappa shape index (κ2) is 12.0. The Kier molecular flexibility index (Phi) is 8.10. The van der Waals surface area contributed by atoms with Crippen LogP contribution in [-0.2, 0) is 23.7 Å². The van der Waals surface area contributed by atoms with Gasteiger partial charge >= 0.3 is 0 Å². The largest absolute Gasteiger partial charge is 0.347 e. The molecule has 5 aromatic carbocycles. The van der Waals surface area contributed by atoms with Gasteiger partial charge in [-0.25, -0.2) is 0 Å². The molecular weight excluding hydrogens is 554 g/mol. The van der Waals surface area contributed by atoms with Gasteiger partial charge in [0.15, 0.2) is 0 Å². The van der Waals surface area contributed by atoms with Gasteiger partial charge in [0.2, 0.25) is 0 Å². The summed E-state index contributed by atoms with van der Waals surface area (Å²) >= 11 is 6.70. The first-order chi connectivity index (χ1) is 21.2. The first-order valence-corrected chi connectivity index (χ1v) is 15.8. The number of hydrogen-bond acceptors (Lipinski definition) is 1. The quantitative estimate of drug-likeness (QED) is 0.162. The van der Waals surface area contributed by atoms with Gasteiger partial charge in [-0.2, -0.15) is 0 Å². The van der Waals surface area contributed by atoms with Crippen LogP contribution in [0.2, 0.25) is 5.02 Å². The van der Waals surface area contributed by atoms with Gasteiger partial charge in [0.25, 0.3) is 0 Å². The molecule has 0 bridgehead atoms. The summed E-state index contributed by atoms with van der Waals surface area (Å²) in [5.41, 5.74) is 9.48. The van der Waals surface area contributed by atoms with Crippen LogP contribution < -0.4 is 4.90 Å². The molecule has 5 aromatic rings. The van der Waals surface area contributed by atoms with Crippen molar-refractivity contribution in [1.29, 1.82) is 0 Å². The number of nitrogens with zero attached hydrogens (tertiary/aromatic N) is 1. The topological polar surface area (TPSA) is 3.24 Å². The number of rotatable bonds is 8. The molecule has 0 aliphatic carbocycles. The third-order valence-electron chi connectivity index (χ3n) is 9.50. The van der Waals surface area contributed by atoms with Crippen molar-refractivity contribution in [2.75, 3.05) is 11.9 Å². The van der Waals surface area contributed by atoms with Gasteiger partial charge in [-0.05, 0) is 88.2 Å². The van der Waals surface area contributed by atoms with Gasteiger partial charge < -0.3 is 4.90 Å². The van der Waals surface area contributed by atoms with E-state index in [0.717, 1.165) is 23.4 Å². The lowest BCUT2D eigenvalue weighted by atomic mass is 9.70. The molecule has 44 heavy (non-hydrogen) atoms. The van der Waals surface area contributed by atoms with Crippen LogP contribution in [-0.4, -0.2) is 7.05 Å². The summed E-state index contributed by atoms with van der Waals surface area (Å²) in [5.74, 6) is 0. The number of benzene rings is 5. The van der Waals surface area contributed by atoms with E-state index in [-0.39, 0.29) is 10.8 Å². The zero-order valence-corrected chi connectivity index (χ0v) is 26.9. The highest BCUT2D eigenvalue weighted by molar-refractivity contribution is 6.30. The average Bonchev–Trinajstić information content (AvgIpc) is 3.23. The van der Waals surface area contributed by atoms with Crippen LogP contribution in [0.3, 0.4) is 0 Å². The molecule has 0 spiro atoms. The molecule has 0 saturated heterocycles. The van der Waals surface area contributed by atoms with Crippen LogP contribution >= 0.6 is 11.6 Å². The third-order valence-corrected chi connectivity index (χ3v) is 9.74. The maximum absolute atomic E-state index is 6.70. The number of allylic oxidation sites excluding steroid dienone is 5. The third kappa shape index (κ3) is 5.42. The monoisotopic (exact) mass is 593 g/mol. The van der Waals surface area contributed by atoms with E-state index in [1.165, 1.54) is 50.0 Å². The normalized spacial score (nSPS) is 15.3. The van der Waals surface area contributed by atoms with Crippen molar-refractivity contribution in [3.05, 3.63) is 184 Å². The lowest BCUT2D eigenvalue weighted by molar-refractivity contribution is 0.507. The van der Waals surface area contributed by atoms with Gasteiger partial charge in [-0.3, -0.25) is 0 Å². The van der Waals surface area contributed by atoms with Crippen LogP contribution in [0.25, 0.3) is 10.8 Å². The van der Waals surface area contributed by atoms with Crippen molar-refractivity contribution < 1.29 is 0 Å². The predicted octanol–water partition coefficient (Wildman–Crippen LogP) is 10.9. The summed E-state index contributed by atoms with van der Waals surface area (Å²) in [6, 6.07) is 41.1. The number of halogens is 1. The van der Waals surface area contributed by atoms with Crippen LogP contribution in [0.5, 0.6) is 0 Å². The standard InChI is InChI=1S/C42H40ClN/c1-30-23-24-34-20-12-13-21-36(34)40(30)41(3,4)31(2)15-14-22-39-42(28-32-16-8-6-9-17-32,29-33-18-10-7-11-19-33)37-27-35(43)25-26-38(37)44(39)5/h6-27H,2,28-29H2,1,3-5H3/b15-14+,39-22+. The molecule has 0 N–H and O–H groups in total. The molecule has 0 aromatic heterocycles. The van der Waals surface area contributed by atoms with Gasteiger partial charge in [0.1, 0.15) is 0 Å². The Balaban J connectivity index is 1.45. The molecule has 2 heteroatoms. The Morgan fingerprint density at radius 3 is 2.09 bits per heavy atom. The highest BCUT2D eigenvalue weighted by atomic mass is 35.5. The molecule has 0 saturated carbocycles. The maximum atomic E-state index is 6.70. The van der Waals surface area contributed by atoms with Crippen molar-refractivity contribution in [1.82, 2.24) is 0 Å². The summed E-state index contributed by atoms with van der Waals surface area (Å²) in [6.45, 7) is 11.4. The Morgan fingerprint density at radius 1 is 0.818 bits per heavy atom. The SMILES string of the molecule is C=C(/C=C/C=C1/N(C)c2ccc(Cl)cc2C1(Cc1ccccc1)Cc1ccccc1)C(C)(C)c1c(C)ccc2ccccc12. The van der Waals surface area contributed by atoms with Crippen molar-refractivity contribution >= 4 is 28.1 Å². The minimum Gasteiger partial charge on any atom is -0.347 e. The lowest BCUT2D eigenvalue weighted by Crippen LogP contribution is -2.34. The molecule has 1 nitrogen and oxygen atoms in total. The molecule has 6 rings (SSSR count). The van der Waals surface area contributed by atoms with Gasteiger partial charge in [0.05, 0.1) is 0 Å². The van der Waals surface area contributed by atoms with Crippen LogP contribution in [0.1, 0.15) is 41.7 Å². The molecule has 0 atom stereocenters. The molecule has 0 amide bonds. The minimum atomic E-state index is -0.300. The van der Waals surface area contributed by atoms with Crippen molar-refractivity contribution in [2.45, 2.75) is 44.4 Å². The van der Waals surface area contributed by atoms with E-state index in [1.54, 1.807) is 0 Å². The van der Waals surface area contributed by atoms with Crippen LogP contribution in [0, 0.1) is 6.92 Å². The van der Waals surface area contributed by atoms with E-state index in [1.807, 2.05) is 6.07 Å². The number of aryl methyl sites for hydroxylation is 1. The fourth-order valence-electron chi connectivity index (χ4n) is 7.20. The molecular formula is C42H40ClN. The zero-order valence-electron chi connectivity index (χ0n) is 26.1. The van der Waals surface area contributed by atoms with E-state index in [2.05, 4.69) is 167 Å². The van der Waals surface area contributed by atoms with Crippen LogP contribution in [0.4, 0.5) is 5.69 Å². The molecule has 1 aliphatic rings. The summed E-state index contributed by atoms with van der Waals surface area (Å²) in [6.07, 6.45) is 8.43. The zero-order chi connectivity index (χ0) is 30.9. The Bertz CT molecular complexity index is 1840. The van der Waals surface area contributed by atoms with E-state index in [9.17, 15) is 0 Å². The lowest BCUT2D eigenvalue weighted by Gasteiger charge is -2.34.